The molecule has 3 aromatic rings. The summed E-state index contributed by atoms with van der Waals surface area (Å²) < 4.78 is 5.57. The minimum atomic E-state index is -2.14. The molecule has 0 unspecified atom stereocenters. The number of aliphatic hydroxyl groups is 2. The van der Waals surface area contributed by atoms with Crippen LogP contribution in [0, 0.1) is 16.0 Å². The van der Waals surface area contributed by atoms with Crippen LogP contribution in [-0.4, -0.2) is 63.6 Å². The second-order valence-corrected chi connectivity index (χ2v) is 11.8. The van der Waals surface area contributed by atoms with Crippen LogP contribution in [0.3, 0.4) is 0 Å². The molecule has 46 heavy (non-hydrogen) atoms. The van der Waals surface area contributed by atoms with E-state index in [-0.39, 0.29) is 55.3 Å². The van der Waals surface area contributed by atoms with Crippen molar-refractivity contribution in [2.75, 3.05) is 29.6 Å². The van der Waals surface area contributed by atoms with E-state index >= 15 is 0 Å². The Kier molecular flexibility index (Phi) is 8.32. The maximum Gasteiger partial charge on any atom is 0.269 e. The summed E-state index contributed by atoms with van der Waals surface area (Å²) in [5, 5.41) is 33.3. The molecule has 6 rings (SSSR count). The van der Waals surface area contributed by atoms with Gasteiger partial charge in [-0.2, -0.15) is 0 Å². The Morgan fingerprint density at radius 1 is 1.13 bits per heavy atom. The van der Waals surface area contributed by atoms with Crippen LogP contribution in [0.4, 0.5) is 22.7 Å². The van der Waals surface area contributed by atoms with Gasteiger partial charge in [-0.1, -0.05) is 43.3 Å². The smallest absolute Gasteiger partial charge is 0.269 e. The van der Waals surface area contributed by atoms with Gasteiger partial charge in [0.2, 0.25) is 5.91 Å². The van der Waals surface area contributed by atoms with Gasteiger partial charge in [0.05, 0.1) is 35.5 Å². The Labute approximate surface area is 265 Å². The van der Waals surface area contributed by atoms with Crippen LogP contribution in [0.25, 0.3) is 0 Å². The summed E-state index contributed by atoms with van der Waals surface area (Å²) in [6, 6.07) is 18.1. The number of aliphatic hydroxyl groups excluding tert-OH is 1. The SMILES string of the molecule is C[C@@H](/C=C/CC(=O)N1CCC[C@H]1CO)[C@]1(O)C(=O)N(Cc2cccc(N3C(=O)COc4ccccc43)c2)c2ccc([N+](=O)[O-])cc21. The quantitative estimate of drug-likeness (QED) is 0.206. The maximum atomic E-state index is 14.1. The molecule has 0 aliphatic carbocycles. The summed E-state index contributed by atoms with van der Waals surface area (Å²) in [7, 11) is 0. The normalized spacial score (nSPS) is 21.4. The molecular weight excluding hydrogens is 592 g/mol. The van der Waals surface area contributed by atoms with Gasteiger partial charge in [0.25, 0.3) is 17.5 Å². The minimum absolute atomic E-state index is 0.0202. The molecule has 12 nitrogen and oxygen atoms in total. The number of benzene rings is 3. The first kappa shape index (κ1) is 30.9. The van der Waals surface area contributed by atoms with Crippen LogP contribution in [-0.2, 0) is 26.5 Å². The minimum Gasteiger partial charge on any atom is -0.482 e. The van der Waals surface area contributed by atoms with Crippen molar-refractivity contribution in [2.45, 2.75) is 44.4 Å². The predicted octanol–water partition coefficient (Wildman–Crippen LogP) is 3.95. The molecule has 3 amide bonds. The summed E-state index contributed by atoms with van der Waals surface area (Å²) >= 11 is 0. The third-order valence-electron chi connectivity index (χ3n) is 8.96. The van der Waals surface area contributed by atoms with Gasteiger partial charge in [-0.05, 0) is 48.7 Å². The molecule has 0 radical (unpaired) electrons. The van der Waals surface area contributed by atoms with E-state index in [1.165, 1.54) is 23.1 Å². The van der Waals surface area contributed by atoms with E-state index < -0.39 is 22.3 Å². The van der Waals surface area contributed by atoms with E-state index in [1.807, 2.05) is 6.07 Å². The maximum absolute atomic E-state index is 14.1. The van der Waals surface area contributed by atoms with E-state index in [0.717, 1.165) is 12.8 Å². The van der Waals surface area contributed by atoms with Crippen molar-refractivity contribution in [1.82, 2.24) is 4.90 Å². The monoisotopic (exact) mass is 626 g/mol. The number of hydrogen-bond acceptors (Lipinski definition) is 8. The molecule has 3 heterocycles. The van der Waals surface area contributed by atoms with Crippen molar-refractivity contribution in [3.63, 3.8) is 0 Å². The van der Waals surface area contributed by atoms with Crippen molar-refractivity contribution in [3.05, 3.63) is 100 Å². The van der Waals surface area contributed by atoms with Crippen LogP contribution < -0.4 is 14.5 Å². The Bertz CT molecular complexity index is 1740. The number of carbonyl (C=O) groups excluding carboxylic acids is 3. The lowest BCUT2D eigenvalue weighted by atomic mass is 9.82. The zero-order chi connectivity index (χ0) is 32.6. The molecule has 0 saturated carbocycles. The highest BCUT2D eigenvalue weighted by Crippen LogP contribution is 2.47. The molecule has 3 aliphatic heterocycles. The molecule has 1 fully saturated rings. The number of likely N-dealkylation sites (tertiary alicyclic amines) is 1. The third-order valence-corrected chi connectivity index (χ3v) is 8.96. The molecule has 3 atom stereocenters. The standard InChI is InChI=1S/C34H34N4O8/c1-22(7-4-13-31(40)35-16-6-10-26(35)20-39)34(43)27-18-25(38(44)45)14-15-28(27)36(33(34)42)19-23-8-5-9-24(17-23)37-29-11-2-3-12-30(29)46-21-32(37)41/h2-5,7-9,11-12,14-15,17-18,22,26,39,43H,6,10,13,16,19-21H2,1H3/b7-4+/t22-,26-,34+/m0/s1. The number of nitro benzene ring substituents is 1. The molecule has 1 saturated heterocycles. The summed E-state index contributed by atoms with van der Waals surface area (Å²) in [4.78, 5) is 55.5. The number of rotatable bonds is 9. The number of para-hydroxylation sites is 2. The lowest BCUT2D eigenvalue weighted by Gasteiger charge is -2.30. The number of fused-ring (bicyclic) bond motifs is 2. The van der Waals surface area contributed by atoms with E-state index in [0.29, 0.717) is 34.9 Å². The van der Waals surface area contributed by atoms with Gasteiger partial charge in [0.15, 0.2) is 12.2 Å². The molecule has 3 aromatic carbocycles. The van der Waals surface area contributed by atoms with Gasteiger partial charge in [0, 0.05) is 42.3 Å². The highest BCUT2D eigenvalue weighted by molar-refractivity contribution is 6.08. The molecule has 238 valence electrons. The first-order valence-electron chi connectivity index (χ1n) is 15.2. The van der Waals surface area contributed by atoms with Gasteiger partial charge in [0.1, 0.15) is 5.75 Å². The fourth-order valence-electron chi connectivity index (χ4n) is 6.55. The molecular formula is C34H34N4O8. The molecule has 2 N–H and O–H groups in total. The molecule has 0 spiro atoms. The van der Waals surface area contributed by atoms with Crippen molar-refractivity contribution in [1.29, 1.82) is 0 Å². The molecule has 0 aromatic heterocycles. The molecule has 0 bridgehead atoms. The fraction of sp³-hybridized carbons (Fsp3) is 0.324. The lowest BCUT2D eigenvalue weighted by Crippen LogP contribution is -2.44. The third kappa shape index (κ3) is 5.39. The highest BCUT2D eigenvalue weighted by Gasteiger charge is 2.53. The number of anilines is 3. The lowest BCUT2D eigenvalue weighted by molar-refractivity contribution is -0.385. The van der Waals surface area contributed by atoms with Crippen LogP contribution in [0.15, 0.2) is 78.9 Å². The Hall–Kier alpha value is -5.07. The van der Waals surface area contributed by atoms with Crippen molar-refractivity contribution < 1.29 is 34.3 Å². The number of nitrogens with zero attached hydrogens (tertiary/aromatic N) is 4. The number of hydrogen-bond donors (Lipinski definition) is 2. The number of ether oxygens (including phenoxy) is 1. The average molecular weight is 627 g/mol. The van der Waals surface area contributed by atoms with Gasteiger partial charge in [-0.15, -0.1) is 0 Å². The second kappa shape index (κ2) is 12.4. The van der Waals surface area contributed by atoms with E-state index in [1.54, 1.807) is 71.3 Å². The Balaban J connectivity index is 1.28. The second-order valence-electron chi connectivity index (χ2n) is 11.8. The predicted molar refractivity (Wildman–Crippen MR) is 168 cm³/mol. The van der Waals surface area contributed by atoms with Crippen molar-refractivity contribution >= 4 is 40.5 Å². The van der Waals surface area contributed by atoms with E-state index in [4.69, 9.17) is 4.74 Å². The zero-order valence-electron chi connectivity index (χ0n) is 25.2. The first-order chi connectivity index (χ1) is 22.1. The van der Waals surface area contributed by atoms with Crippen LogP contribution >= 0.6 is 0 Å². The largest absolute Gasteiger partial charge is 0.482 e. The Morgan fingerprint density at radius 3 is 2.72 bits per heavy atom. The summed E-state index contributed by atoms with van der Waals surface area (Å²) in [5.41, 5.74) is -0.150. The van der Waals surface area contributed by atoms with Crippen molar-refractivity contribution in [2.24, 2.45) is 5.92 Å². The fourth-order valence-corrected chi connectivity index (χ4v) is 6.55. The van der Waals surface area contributed by atoms with Crippen molar-refractivity contribution in [3.8, 4) is 5.75 Å². The van der Waals surface area contributed by atoms with E-state index in [9.17, 15) is 34.7 Å². The van der Waals surface area contributed by atoms with Crippen LogP contribution in [0.1, 0.15) is 37.3 Å². The van der Waals surface area contributed by atoms with Crippen LogP contribution in [0.2, 0.25) is 0 Å². The van der Waals surface area contributed by atoms with Gasteiger partial charge in [-0.3, -0.25) is 29.4 Å². The number of nitro groups is 1. The highest BCUT2D eigenvalue weighted by atomic mass is 16.6. The van der Waals surface area contributed by atoms with Gasteiger partial charge >= 0.3 is 0 Å². The Morgan fingerprint density at radius 2 is 1.93 bits per heavy atom. The van der Waals surface area contributed by atoms with E-state index in [2.05, 4.69) is 0 Å². The number of non-ortho nitro benzene ring substituents is 1. The molecule has 12 heteroatoms. The zero-order valence-corrected chi connectivity index (χ0v) is 25.2. The first-order valence-corrected chi connectivity index (χ1v) is 15.2. The topological polar surface area (TPSA) is 154 Å². The molecule has 3 aliphatic rings. The summed E-state index contributed by atoms with van der Waals surface area (Å²) in [6.07, 6.45) is 4.74. The van der Waals surface area contributed by atoms with Gasteiger partial charge in [-0.25, -0.2) is 0 Å². The summed E-state index contributed by atoms with van der Waals surface area (Å²) in [6.45, 7) is 1.98. The van der Waals surface area contributed by atoms with Crippen LogP contribution in [0.5, 0.6) is 5.75 Å². The summed E-state index contributed by atoms with van der Waals surface area (Å²) in [5.74, 6) is -1.36. The number of carbonyl (C=O) groups is 3. The van der Waals surface area contributed by atoms with Gasteiger partial charge < -0.3 is 24.7 Å². The average Bonchev–Trinajstić information content (AvgIpc) is 3.62. The number of amides is 3.